The molecule has 19 heavy (non-hydrogen) atoms. The van der Waals surface area contributed by atoms with Gasteiger partial charge in [-0.3, -0.25) is 4.79 Å². The monoisotopic (exact) mass is 265 g/mol. The van der Waals surface area contributed by atoms with Crippen molar-refractivity contribution in [2.75, 3.05) is 21.3 Å². The molecule has 0 saturated carbocycles. The first kappa shape index (κ1) is 15.3. The molecule has 1 aromatic rings. The molecule has 0 unspecified atom stereocenters. The molecule has 4 nitrogen and oxygen atoms in total. The molecule has 1 rings (SSSR count). The Bertz CT molecular complexity index is 449. The van der Waals surface area contributed by atoms with Gasteiger partial charge in [0, 0.05) is 19.0 Å². The Kier molecular flexibility index (Phi) is 4.81. The number of hydrogen-bond acceptors (Lipinski definition) is 3. The van der Waals surface area contributed by atoms with Crippen LogP contribution in [0.15, 0.2) is 18.2 Å². The minimum atomic E-state index is -0.370. The van der Waals surface area contributed by atoms with Crippen molar-refractivity contribution in [3.8, 4) is 11.5 Å². The zero-order valence-electron chi connectivity index (χ0n) is 12.6. The van der Waals surface area contributed by atoms with Crippen LogP contribution in [0.2, 0.25) is 0 Å². The van der Waals surface area contributed by atoms with Crippen molar-refractivity contribution in [1.29, 1.82) is 0 Å². The molecule has 0 heterocycles. The molecule has 0 radical (unpaired) electrons. The Morgan fingerprint density at radius 1 is 1.16 bits per heavy atom. The summed E-state index contributed by atoms with van der Waals surface area (Å²) in [7, 11) is 5.02. The van der Waals surface area contributed by atoms with Crippen LogP contribution in [-0.4, -0.2) is 32.1 Å². The number of amides is 1. The van der Waals surface area contributed by atoms with Crippen molar-refractivity contribution in [2.24, 2.45) is 5.41 Å². The van der Waals surface area contributed by atoms with Gasteiger partial charge in [-0.1, -0.05) is 26.8 Å². The van der Waals surface area contributed by atoms with E-state index in [1.54, 1.807) is 19.1 Å². The van der Waals surface area contributed by atoms with Crippen molar-refractivity contribution in [2.45, 2.75) is 27.3 Å². The Morgan fingerprint density at radius 2 is 1.74 bits per heavy atom. The van der Waals surface area contributed by atoms with Crippen LogP contribution in [-0.2, 0) is 11.3 Å². The van der Waals surface area contributed by atoms with Gasteiger partial charge in [-0.2, -0.15) is 0 Å². The van der Waals surface area contributed by atoms with E-state index in [0.29, 0.717) is 18.0 Å². The Morgan fingerprint density at radius 3 is 2.21 bits per heavy atom. The van der Waals surface area contributed by atoms with Crippen LogP contribution >= 0.6 is 0 Å². The molecule has 0 aliphatic carbocycles. The Hall–Kier alpha value is -1.71. The number of carbonyl (C=O) groups excluding carboxylic acids is 1. The summed E-state index contributed by atoms with van der Waals surface area (Å²) >= 11 is 0. The standard InChI is InChI=1S/C15H23NO3/c1-15(2,3)14(17)16(4)10-11-7-8-12(18-5)13(9-11)19-6/h7-9H,10H2,1-6H3. The first-order chi connectivity index (χ1) is 8.79. The second-order valence-electron chi connectivity index (χ2n) is 5.60. The van der Waals surface area contributed by atoms with Gasteiger partial charge in [-0.25, -0.2) is 0 Å². The van der Waals surface area contributed by atoms with Gasteiger partial charge in [0.1, 0.15) is 0 Å². The third kappa shape index (κ3) is 3.88. The third-order valence-electron chi connectivity index (χ3n) is 2.86. The predicted octanol–water partition coefficient (Wildman–Crippen LogP) is 2.71. The van der Waals surface area contributed by atoms with Crippen LogP contribution in [0.3, 0.4) is 0 Å². The summed E-state index contributed by atoms with van der Waals surface area (Å²) in [5.41, 5.74) is 0.642. The summed E-state index contributed by atoms with van der Waals surface area (Å²) in [5.74, 6) is 1.48. The maximum absolute atomic E-state index is 12.1. The Labute approximate surface area is 115 Å². The first-order valence-corrected chi connectivity index (χ1v) is 6.26. The summed E-state index contributed by atoms with van der Waals surface area (Å²) in [4.78, 5) is 13.8. The molecule has 106 valence electrons. The highest BCUT2D eigenvalue weighted by molar-refractivity contribution is 5.81. The fourth-order valence-corrected chi connectivity index (χ4v) is 1.90. The molecule has 0 spiro atoms. The minimum absolute atomic E-state index is 0.113. The number of carbonyl (C=O) groups is 1. The van der Waals surface area contributed by atoms with Crippen molar-refractivity contribution in [3.63, 3.8) is 0 Å². The average molecular weight is 265 g/mol. The lowest BCUT2D eigenvalue weighted by atomic mass is 9.95. The van der Waals surface area contributed by atoms with Gasteiger partial charge in [-0.15, -0.1) is 0 Å². The zero-order valence-corrected chi connectivity index (χ0v) is 12.6. The summed E-state index contributed by atoms with van der Waals surface area (Å²) in [6, 6.07) is 5.68. The van der Waals surface area contributed by atoms with Crippen molar-refractivity contribution in [1.82, 2.24) is 4.90 Å². The van der Waals surface area contributed by atoms with E-state index in [0.717, 1.165) is 5.56 Å². The molecule has 4 heteroatoms. The molecule has 0 saturated heterocycles. The number of ether oxygens (including phenoxy) is 2. The highest BCUT2D eigenvalue weighted by Gasteiger charge is 2.25. The normalized spacial score (nSPS) is 11.1. The minimum Gasteiger partial charge on any atom is -0.493 e. The smallest absolute Gasteiger partial charge is 0.227 e. The summed E-state index contributed by atoms with van der Waals surface area (Å²) in [6.07, 6.45) is 0. The van der Waals surface area contributed by atoms with Gasteiger partial charge < -0.3 is 14.4 Å². The fraction of sp³-hybridized carbons (Fsp3) is 0.533. The fourth-order valence-electron chi connectivity index (χ4n) is 1.90. The van der Waals surface area contributed by atoms with Gasteiger partial charge >= 0.3 is 0 Å². The maximum Gasteiger partial charge on any atom is 0.227 e. The highest BCUT2D eigenvalue weighted by Crippen LogP contribution is 2.28. The second-order valence-corrected chi connectivity index (χ2v) is 5.60. The van der Waals surface area contributed by atoms with E-state index in [9.17, 15) is 4.79 Å². The molecule has 0 bridgehead atoms. The highest BCUT2D eigenvalue weighted by atomic mass is 16.5. The van der Waals surface area contributed by atoms with Crippen LogP contribution in [0.4, 0.5) is 0 Å². The first-order valence-electron chi connectivity index (χ1n) is 6.26. The summed E-state index contributed by atoms with van der Waals surface area (Å²) in [6.45, 7) is 6.30. The van der Waals surface area contributed by atoms with E-state index in [2.05, 4.69) is 0 Å². The van der Waals surface area contributed by atoms with Gasteiger partial charge in [0.25, 0.3) is 0 Å². The van der Waals surface area contributed by atoms with Crippen LogP contribution < -0.4 is 9.47 Å². The quantitative estimate of drug-likeness (QED) is 0.840. The van der Waals surface area contributed by atoms with Crippen molar-refractivity contribution in [3.05, 3.63) is 23.8 Å². The molecule has 0 atom stereocenters. The zero-order chi connectivity index (χ0) is 14.6. The number of nitrogens with zero attached hydrogens (tertiary/aromatic N) is 1. The van der Waals surface area contributed by atoms with Gasteiger partial charge in [0.05, 0.1) is 14.2 Å². The second kappa shape index (κ2) is 5.95. The van der Waals surface area contributed by atoms with E-state index >= 15 is 0 Å². The average Bonchev–Trinajstić information content (AvgIpc) is 2.36. The molecule has 0 aliphatic rings. The van der Waals surface area contributed by atoms with E-state index in [-0.39, 0.29) is 11.3 Å². The van der Waals surface area contributed by atoms with E-state index in [4.69, 9.17) is 9.47 Å². The number of hydrogen-bond donors (Lipinski definition) is 0. The van der Waals surface area contributed by atoms with E-state index in [1.807, 2.05) is 46.0 Å². The van der Waals surface area contributed by atoms with Gasteiger partial charge in [-0.05, 0) is 17.7 Å². The molecule has 0 N–H and O–H groups in total. The lowest BCUT2D eigenvalue weighted by Gasteiger charge is -2.26. The molecule has 1 amide bonds. The molecule has 1 aromatic carbocycles. The number of rotatable bonds is 4. The van der Waals surface area contributed by atoms with Crippen LogP contribution in [0.1, 0.15) is 26.3 Å². The molecule has 0 fully saturated rings. The lowest BCUT2D eigenvalue weighted by Crippen LogP contribution is -2.36. The summed E-state index contributed by atoms with van der Waals surface area (Å²) < 4.78 is 10.5. The molecule has 0 aliphatic heterocycles. The van der Waals surface area contributed by atoms with Crippen LogP contribution in [0.25, 0.3) is 0 Å². The van der Waals surface area contributed by atoms with E-state index < -0.39 is 0 Å². The van der Waals surface area contributed by atoms with Crippen molar-refractivity contribution >= 4 is 5.91 Å². The van der Waals surface area contributed by atoms with Crippen molar-refractivity contribution < 1.29 is 14.3 Å². The third-order valence-corrected chi connectivity index (χ3v) is 2.86. The molecular formula is C15H23NO3. The molecule has 0 aromatic heterocycles. The van der Waals surface area contributed by atoms with Gasteiger partial charge in [0.15, 0.2) is 11.5 Å². The lowest BCUT2D eigenvalue weighted by molar-refractivity contribution is -0.138. The van der Waals surface area contributed by atoms with Gasteiger partial charge in [0.2, 0.25) is 5.91 Å². The number of benzene rings is 1. The number of methoxy groups -OCH3 is 2. The molecular weight excluding hydrogens is 242 g/mol. The maximum atomic E-state index is 12.1. The topological polar surface area (TPSA) is 38.8 Å². The largest absolute Gasteiger partial charge is 0.493 e. The Balaban J connectivity index is 2.86. The van der Waals surface area contributed by atoms with E-state index in [1.165, 1.54) is 0 Å². The van der Waals surface area contributed by atoms with Crippen LogP contribution in [0, 0.1) is 5.41 Å². The van der Waals surface area contributed by atoms with Crippen LogP contribution in [0.5, 0.6) is 11.5 Å². The summed E-state index contributed by atoms with van der Waals surface area (Å²) in [5, 5.41) is 0. The SMILES string of the molecule is COc1ccc(CN(C)C(=O)C(C)(C)C)cc1OC. The predicted molar refractivity (Wildman–Crippen MR) is 75.5 cm³/mol.